The molecule has 1 aromatic rings. The van der Waals surface area contributed by atoms with E-state index in [0.717, 1.165) is 5.56 Å². The van der Waals surface area contributed by atoms with Gasteiger partial charge in [0.1, 0.15) is 0 Å². The van der Waals surface area contributed by atoms with E-state index in [1.54, 1.807) is 12.4 Å². The third kappa shape index (κ3) is 2.68. The number of nitrogens with zero attached hydrogens (tertiary/aromatic N) is 2. The van der Waals surface area contributed by atoms with E-state index >= 15 is 0 Å². The SMILES string of the molecule is CC(C)=Cc1cnc(Cl)nc1. The monoisotopic (exact) mass is 168 g/mol. The van der Waals surface area contributed by atoms with Crippen molar-refractivity contribution in [2.24, 2.45) is 0 Å². The van der Waals surface area contributed by atoms with Gasteiger partial charge in [-0.3, -0.25) is 0 Å². The molecule has 1 aromatic heterocycles. The lowest BCUT2D eigenvalue weighted by atomic mass is 10.2. The summed E-state index contributed by atoms with van der Waals surface area (Å²) in [4.78, 5) is 7.68. The maximum atomic E-state index is 5.51. The summed E-state index contributed by atoms with van der Waals surface area (Å²) in [6, 6.07) is 0. The minimum atomic E-state index is 0.288. The van der Waals surface area contributed by atoms with Crippen molar-refractivity contribution in [1.29, 1.82) is 0 Å². The normalized spacial score (nSPS) is 9.36. The lowest BCUT2D eigenvalue weighted by Crippen LogP contribution is -1.82. The minimum absolute atomic E-state index is 0.288. The van der Waals surface area contributed by atoms with Crippen LogP contribution in [0.5, 0.6) is 0 Å². The molecule has 0 radical (unpaired) electrons. The van der Waals surface area contributed by atoms with Crippen LogP contribution in [-0.4, -0.2) is 9.97 Å². The molecule has 0 spiro atoms. The molecule has 3 heteroatoms. The van der Waals surface area contributed by atoms with Crippen molar-refractivity contribution in [2.75, 3.05) is 0 Å². The van der Waals surface area contributed by atoms with E-state index in [1.807, 2.05) is 19.9 Å². The predicted molar refractivity (Wildman–Crippen MR) is 46.4 cm³/mol. The second-order valence-corrected chi connectivity index (χ2v) is 2.85. The highest BCUT2D eigenvalue weighted by molar-refractivity contribution is 6.28. The van der Waals surface area contributed by atoms with Crippen LogP contribution in [-0.2, 0) is 0 Å². The fraction of sp³-hybridized carbons (Fsp3) is 0.250. The topological polar surface area (TPSA) is 25.8 Å². The van der Waals surface area contributed by atoms with Gasteiger partial charge in [-0.1, -0.05) is 11.6 Å². The molecule has 2 nitrogen and oxygen atoms in total. The van der Waals surface area contributed by atoms with Crippen LogP contribution < -0.4 is 0 Å². The largest absolute Gasteiger partial charge is 0.226 e. The van der Waals surface area contributed by atoms with E-state index in [4.69, 9.17) is 11.6 Å². The predicted octanol–water partition coefficient (Wildman–Crippen LogP) is 2.55. The zero-order valence-electron chi connectivity index (χ0n) is 6.50. The Morgan fingerprint density at radius 1 is 1.36 bits per heavy atom. The fourth-order valence-corrected chi connectivity index (χ4v) is 0.828. The average Bonchev–Trinajstić information content (AvgIpc) is 1.93. The first-order valence-corrected chi connectivity index (χ1v) is 3.69. The Kier molecular flexibility index (Phi) is 2.60. The first-order chi connectivity index (χ1) is 5.18. The maximum Gasteiger partial charge on any atom is 0.222 e. The standard InChI is InChI=1S/C8H9ClN2/c1-6(2)3-7-4-10-8(9)11-5-7/h3-5H,1-2H3. The zero-order chi connectivity index (χ0) is 8.27. The summed E-state index contributed by atoms with van der Waals surface area (Å²) in [5.41, 5.74) is 2.20. The first kappa shape index (κ1) is 8.21. The van der Waals surface area contributed by atoms with E-state index in [0.29, 0.717) is 0 Å². The second kappa shape index (κ2) is 3.49. The average molecular weight is 169 g/mol. The van der Waals surface area contributed by atoms with Crippen LogP contribution in [0.4, 0.5) is 0 Å². The van der Waals surface area contributed by atoms with Crippen molar-refractivity contribution in [3.8, 4) is 0 Å². The van der Waals surface area contributed by atoms with Gasteiger partial charge in [0.25, 0.3) is 0 Å². The van der Waals surface area contributed by atoms with Gasteiger partial charge in [0, 0.05) is 18.0 Å². The number of halogens is 1. The van der Waals surface area contributed by atoms with Gasteiger partial charge in [-0.15, -0.1) is 0 Å². The first-order valence-electron chi connectivity index (χ1n) is 3.31. The molecular formula is C8H9ClN2. The molecule has 0 aliphatic heterocycles. The highest BCUT2D eigenvalue weighted by Gasteiger charge is 1.89. The van der Waals surface area contributed by atoms with Crippen molar-refractivity contribution in [3.05, 3.63) is 28.8 Å². The van der Waals surface area contributed by atoms with Crippen LogP contribution in [0.25, 0.3) is 6.08 Å². The molecule has 0 N–H and O–H groups in total. The summed E-state index contributed by atoms with van der Waals surface area (Å²) in [6.45, 7) is 4.04. The summed E-state index contributed by atoms with van der Waals surface area (Å²) in [5.74, 6) is 0. The molecule has 11 heavy (non-hydrogen) atoms. The van der Waals surface area contributed by atoms with Crippen LogP contribution >= 0.6 is 11.6 Å². The molecule has 1 rings (SSSR count). The molecule has 0 unspecified atom stereocenters. The van der Waals surface area contributed by atoms with Crippen LogP contribution in [0.2, 0.25) is 5.28 Å². The lowest BCUT2D eigenvalue weighted by molar-refractivity contribution is 1.16. The Morgan fingerprint density at radius 2 is 1.91 bits per heavy atom. The third-order valence-corrected chi connectivity index (χ3v) is 1.29. The van der Waals surface area contributed by atoms with Gasteiger partial charge in [-0.2, -0.15) is 0 Å². The van der Waals surface area contributed by atoms with Gasteiger partial charge in [-0.05, 0) is 25.4 Å². The Balaban J connectivity index is 2.91. The van der Waals surface area contributed by atoms with Crippen molar-refractivity contribution in [3.63, 3.8) is 0 Å². The van der Waals surface area contributed by atoms with E-state index in [1.165, 1.54) is 5.57 Å². The molecule has 0 aliphatic carbocycles. The van der Waals surface area contributed by atoms with E-state index in [9.17, 15) is 0 Å². The number of hydrogen-bond acceptors (Lipinski definition) is 2. The molecule has 0 saturated heterocycles. The molecule has 0 bridgehead atoms. The fourth-order valence-electron chi connectivity index (χ4n) is 0.730. The van der Waals surface area contributed by atoms with Gasteiger partial charge in [-0.25, -0.2) is 9.97 Å². The highest BCUT2D eigenvalue weighted by atomic mass is 35.5. The van der Waals surface area contributed by atoms with Gasteiger partial charge < -0.3 is 0 Å². The quantitative estimate of drug-likeness (QED) is 0.603. The zero-order valence-corrected chi connectivity index (χ0v) is 7.26. The molecule has 0 aromatic carbocycles. The van der Waals surface area contributed by atoms with Crippen LogP contribution in [0.1, 0.15) is 19.4 Å². The summed E-state index contributed by atoms with van der Waals surface area (Å²) in [7, 11) is 0. The van der Waals surface area contributed by atoms with Crippen LogP contribution in [0, 0.1) is 0 Å². The Bertz CT molecular complexity index is 260. The van der Waals surface area contributed by atoms with Gasteiger partial charge in [0.05, 0.1) is 0 Å². The number of aromatic nitrogens is 2. The van der Waals surface area contributed by atoms with E-state index in [-0.39, 0.29) is 5.28 Å². The molecule has 1 heterocycles. The lowest BCUT2D eigenvalue weighted by Gasteiger charge is -1.92. The number of hydrogen-bond donors (Lipinski definition) is 0. The van der Waals surface area contributed by atoms with Crippen molar-refractivity contribution in [2.45, 2.75) is 13.8 Å². The molecule has 0 amide bonds. The Labute approximate surface area is 70.9 Å². The van der Waals surface area contributed by atoms with Crippen LogP contribution in [0.3, 0.4) is 0 Å². The van der Waals surface area contributed by atoms with Gasteiger partial charge in [0.2, 0.25) is 5.28 Å². The molecule has 0 aliphatic rings. The Morgan fingerprint density at radius 3 is 2.36 bits per heavy atom. The van der Waals surface area contributed by atoms with Gasteiger partial charge in [0.15, 0.2) is 0 Å². The van der Waals surface area contributed by atoms with Crippen molar-refractivity contribution >= 4 is 17.7 Å². The summed E-state index contributed by atoms with van der Waals surface area (Å²) < 4.78 is 0. The minimum Gasteiger partial charge on any atom is -0.226 e. The summed E-state index contributed by atoms with van der Waals surface area (Å²) in [5, 5.41) is 0.288. The Hall–Kier alpha value is -0.890. The summed E-state index contributed by atoms with van der Waals surface area (Å²) in [6.07, 6.45) is 5.39. The molecule has 58 valence electrons. The number of rotatable bonds is 1. The molecular weight excluding hydrogens is 160 g/mol. The summed E-state index contributed by atoms with van der Waals surface area (Å²) >= 11 is 5.51. The van der Waals surface area contributed by atoms with E-state index < -0.39 is 0 Å². The van der Waals surface area contributed by atoms with Crippen molar-refractivity contribution < 1.29 is 0 Å². The van der Waals surface area contributed by atoms with Crippen molar-refractivity contribution in [1.82, 2.24) is 9.97 Å². The second-order valence-electron chi connectivity index (χ2n) is 2.51. The van der Waals surface area contributed by atoms with Gasteiger partial charge >= 0.3 is 0 Å². The number of allylic oxidation sites excluding steroid dienone is 1. The smallest absolute Gasteiger partial charge is 0.222 e. The van der Waals surface area contributed by atoms with E-state index in [2.05, 4.69) is 9.97 Å². The highest BCUT2D eigenvalue weighted by Crippen LogP contribution is 2.05. The molecule has 0 saturated carbocycles. The maximum absolute atomic E-state index is 5.51. The molecule has 0 fully saturated rings. The third-order valence-electron chi connectivity index (χ3n) is 1.10. The van der Waals surface area contributed by atoms with Crippen LogP contribution in [0.15, 0.2) is 18.0 Å². The molecule has 0 atom stereocenters.